The quantitative estimate of drug-likeness (QED) is 0.378. The van der Waals surface area contributed by atoms with Crippen LogP contribution in [-0.4, -0.2) is 56.3 Å². The van der Waals surface area contributed by atoms with Gasteiger partial charge in [-0.1, -0.05) is 19.1 Å². The molecule has 0 unspecified atom stereocenters. The Kier molecular flexibility index (Phi) is 6.10. The highest BCUT2D eigenvalue weighted by atomic mass is 32.1. The van der Waals surface area contributed by atoms with Crippen LogP contribution >= 0.6 is 12.8 Å². The lowest BCUT2D eigenvalue weighted by Crippen LogP contribution is -2.28. The fourth-order valence-corrected chi connectivity index (χ4v) is 4.15. The second-order valence-electron chi connectivity index (χ2n) is 7.79. The van der Waals surface area contributed by atoms with Crippen LogP contribution in [0.15, 0.2) is 23.5 Å². The predicted molar refractivity (Wildman–Crippen MR) is 125 cm³/mol. The molecule has 1 aliphatic heterocycles. The molecule has 4 heterocycles. The first kappa shape index (κ1) is 20.9. The van der Waals surface area contributed by atoms with Crippen LogP contribution in [0.4, 0.5) is 0 Å². The van der Waals surface area contributed by atoms with Crippen LogP contribution in [0.2, 0.25) is 6.32 Å². The minimum absolute atomic E-state index is 0.373. The summed E-state index contributed by atoms with van der Waals surface area (Å²) in [4.78, 5) is 8.79. The van der Waals surface area contributed by atoms with Crippen LogP contribution in [0, 0.1) is 13.8 Å². The maximum atomic E-state index is 5.85. The van der Waals surface area contributed by atoms with Gasteiger partial charge in [0.25, 0.3) is 0 Å². The number of aromatic nitrogens is 5. The van der Waals surface area contributed by atoms with Crippen molar-refractivity contribution in [2.24, 2.45) is 4.99 Å². The number of piperidine rings is 1. The monoisotopic (exact) mass is 419 g/mol. The fraction of sp³-hybridized carbons (Fsp3) is 0.429. The summed E-state index contributed by atoms with van der Waals surface area (Å²) in [5, 5.41) is 9.54. The van der Waals surface area contributed by atoms with Crippen LogP contribution < -0.4 is 0 Å². The van der Waals surface area contributed by atoms with Crippen molar-refractivity contribution in [1.82, 2.24) is 28.7 Å². The number of rotatable bonds is 6. The fourth-order valence-electron chi connectivity index (χ4n) is 3.92. The van der Waals surface area contributed by atoms with Gasteiger partial charge in [0.1, 0.15) is 5.69 Å². The Morgan fingerprint density at radius 1 is 1.30 bits per heavy atom. The lowest BCUT2D eigenvalue weighted by molar-refractivity contribution is 0.277. The van der Waals surface area contributed by atoms with Gasteiger partial charge in [-0.2, -0.15) is 10.2 Å². The number of thiol groups is 1. The molecule has 0 bridgehead atoms. The molecule has 9 heteroatoms. The van der Waals surface area contributed by atoms with Gasteiger partial charge in [0.05, 0.1) is 37.2 Å². The number of nitrogens with zero attached hydrogens (tertiary/aromatic N) is 7. The van der Waals surface area contributed by atoms with Gasteiger partial charge in [0.2, 0.25) is 0 Å². The summed E-state index contributed by atoms with van der Waals surface area (Å²) >= 11 is 4.45. The van der Waals surface area contributed by atoms with Gasteiger partial charge >= 0.3 is 0 Å². The SMILES string of the molecule is [B]CCc1nn(C2CCN(S)CC2)cc1/C=C(\N=C)c1cc(C)c2nc(C)cn2n1. The normalized spacial score (nSPS) is 16.4. The Hall–Kier alpha value is -2.39. The van der Waals surface area contributed by atoms with Crippen molar-refractivity contribution < 1.29 is 0 Å². The van der Waals surface area contributed by atoms with E-state index in [1.165, 1.54) is 0 Å². The molecular weight excluding hydrogens is 393 g/mol. The van der Waals surface area contributed by atoms with Crippen molar-refractivity contribution in [3.05, 3.63) is 46.7 Å². The smallest absolute Gasteiger partial charge is 0.156 e. The van der Waals surface area contributed by atoms with Gasteiger partial charge in [-0.15, -0.1) is 0 Å². The van der Waals surface area contributed by atoms with Gasteiger partial charge in [0.15, 0.2) is 5.65 Å². The maximum Gasteiger partial charge on any atom is 0.156 e. The van der Waals surface area contributed by atoms with Crippen molar-refractivity contribution in [1.29, 1.82) is 0 Å². The molecule has 1 aliphatic rings. The van der Waals surface area contributed by atoms with Crippen molar-refractivity contribution in [2.45, 2.75) is 45.5 Å². The Bertz CT molecular complexity index is 1090. The number of hydrogen-bond donors (Lipinski definition) is 1. The summed E-state index contributed by atoms with van der Waals surface area (Å²) in [6.07, 6.45) is 9.33. The molecule has 30 heavy (non-hydrogen) atoms. The first-order valence-corrected chi connectivity index (χ1v) is 10.6. The lowest BCUT2D eigenvalue weighted by atomic mass is 9.98. The van der Waals surface area contributed by atoms with Gasteiger partial charge in [-0.3, -0.25) is 14.0 Å². The molecule has 1 fully saturated rings. The molecule has 0 atom stereocenters. The highest BCUT2D eigenvalue weighted by Gasteiger charge is 2.21. The molecule has 3 aromatic heterocycles. The van der Waals surface area contributed by atoms with Crippen LogP contribution in [0.5, 0.6) is 0 Å². The first-order chi connectivity index (χ1) is 14.5. The molecule has 3 aromatic rings. The van der Waals surface area contributed by atoms with E-state index >= 15 is 0 Å². The van der Waals surface area contributed by atoms with Crippen molar-refractivity contribution in [3.8, 4) is 0 Å². The topological polar surface area (TPSA) is 63.6 Å². The largest absolute Gasteiger partial charge is 0.269 e. The van der Waals surface area contributed by atoms with E-state index in [2.05, 4.69) is 44.7 Å². The van der Waals surface area contributed by atoms with Crippen molar-refractivity contribution in [3.63, 3.8) is 0 Å². The standard InChI is InChI=1S/C21H26BN7S/c1-14-10-20(26-29-12-15(2)24-21(14)29)19(23-3)11-16-13-28(25-18(16)4-7-22)17-5-8-27(30)9-6-17/h10-13,17,30H,3-9H2,1-2H3/b19-11-. The average molecular weight is 419 g/mol. The van der Waals surface area contributed by atoms with E-state index in [4.69, 9.17) is 18.0 Å². The third kappa shape index (κ3) is 4.22. The van der Waals surface area contributed by atoms with Gasteiger partial charge < -0.3 is 0 Å². The molecule has 2 radical (unpaired) electrons. The number of aryl methyl sites for hydroxylation is 3. The highest BCUT2D eigenvalue weighted by Crippen LogP contribution is 2.27. The minimum Gasteiger partial charge on any atom is -0.269 e. The molecule has 4 rings (SSSR count). The minimum atomic E-state index is 0.373. The van der Waals surface area contributed by atoms with E-state index in [0.29, 0.717) is 24.5 Å². The average Bonchev–Trinajstić information content (AvgIpc) is 3.30. The molecule has 1 saturated heterocycles. The summed E-state index contributed by atoms with van der Waals surface area (Å²) in [6, 6.07) is 2.37. The maximum absolute atomic E-state index is 5.85. The second kappa shape index (κ2) is 8.77. The first-order valence-electron chi connectivity index (χ1n) is 10.2. The molecule has 0 amide bonds. The highest BCUT2D eigenvalue weighted by molar-refractivity contribution is 7.77. The summed E-state index contributed by atoms with van der Waals surface area (Å²) in [6.45, 7) is 9.68. The molecule has 0 aliphatic carbocycles. The Morgan fingerprint density at radius 3 is 2.77 bits per heavy atom. The zero-order chi connectivity index (χ0) is 21.3. The summed E-state index contributed by atoms with van der Waals surface area (Å²) < 4.78 is 5.94. The molecule has 0 N–H and O–H groups in total. The molecule has 0 aromatic carbocycles. The van der Waals surface area contributed by atoms with Gasteiger partial charge in [-0.05, 0) is 57.5 Å². The zero-order valence-corrected chi connectivity index (χ0v) is 18.4. The molecule has 0 saturated carbocycles. The number of hydrogen-bond acceptors (Lipinski definition) is 6. The number of imidazole rings is 1. The third-order valence-corrected chi connectivity index (χ3v) is 5.89. The molecule has 7 nitrogen and oxygen atoms in total. The zero-order valence-electron chi connectivity index (χ0n) is 17.5. The molecule has 0 spiro atoms. The van der Waals surface area contributed by atoms with E-state index in [0.717, 1.165) is 59.8 Å². The summed E-state index contributed by atoms with van der Waals surface area (Å²) in [5.74, 6) is 0. The van der Waals surface area contributed by atoms with Crippen LogP contribution in [0.3, 0.4) is 0 Å². The van der Waals surface area contributed by atoms with Crippen molar-refractivity contribution in [2.75, 3.05) is 13.1 Å². The van der Waals surface area contributed by atoms with Crippen LogP contribution in [-0.2, 0) is 6.42 Å². The summed E-state index contributed by atoms with van der Waals surface area (Å²) in [5.41, 5.74) is 6.27. The lowest BCUT2D eigenvalue weighted by Gasteiger charge is -2.28. The van der Waals surface area contributed by atoms with E-state index in [-0.39, 0.29) is 0 Å². The van der Waals surface area contributed by atoms with Crippen LogP contribution in [0.25, 0.3) is 17.4 Å². The summed E-state index contributed by atoms with van der Waals surface area (Å²) in [7, 11) is 5.85. The Balaban J connectivity index is 1.71. The Morgan fingerprint density at radius 2 is 2.07 bits per heavy atom. The Labute approximate surface area is 183 Å². The number of aliphatic imine (C=N–C) groups is 1. The second-order valence-corrected chi connectivity index (χ2v) is 8.35. The molecular formula is C21H26BN7S. The van der Waals surface area contributed by atoms with E-state index < -0.39 is 0 Å². The van der Waals surface area contributed by atoms with Gasteiger partial charge in [0, 0.05) is 24.8 Å². The van der Waals surface area contributed by atoms with Crippen LogP contribution in [0.1, 0.15) is 47.1 Å². The van der Waals surface area contributed by atoms with E-state index in [1.54, 1.807) is 4.52 Å². The van der Waals surface area contributed by atoms with Gasteiger partial charge in [-0.25, -0.2) is 9.50 Å². The van der Waals surface area contributed by atoms with E-state index in [1.807, 2.05) is 32.2 Å². The van der Waals surface area contributed by atoms with E-state index in [9.17, 15) is 0 Å². The predicted octanol–water partition coefficient (Wildman–Crippen LogP) is 3.35. The van der Waals surface area contributed by atoms with Crippen molar-refractivity contribution >= 4 is 44.8 Å². The number of fused-ring (bicyclic) bond motifs is 1. The third-order valence-electron chi connectivity index (χ3n) is 5.49. The molecule has 154 valence electrons.